The lowest BCUT2D eigenvalue weighted by molar-refractivity contribution is 0.129. The SMILES string of the molecule is CC(=NOCc1ccccc1N(C(=O)O)C(C)(C)C)c1c(C)cc(=O)n(O)c1O. The molecule has 0 aliphatic heterocycles. The molecule has 9 nitrogen and oxygen atoms in total. The van der Waals surface area contributed by atoms with Crippen LogP contribution in [0.4, 0.5) is 10.5 Å². The average molecular weight is 403 g/mol. The van der Waals surface area contributed by atoms with Gasteiger partial charge < -0.3 is 20.3 Å². The third kappa shape index (κ3) is 4.68. The van der Waals surface area contributed by atoms with E-state index in [0.29, 0.717) is 16.8 Å². The summed E-state index contributed by atoms with van der Waals surface area (Å²) in [4.78, 5) is 29.9. The van der Waals surface area contributed by atoms with E-state index >= 15 is 0 Å². The highest BCUT2D eigenvalue weighted by atomic mass is 16.6. The van der Waals surface area contributed by atoms with Crippen LogP contribution in [-0.2, 0) is 11.4 Å². The Hall–Kier alpha value is -3.49. The molecular weight excluding hydrogens is 378 g/mol. The third-order valence-corrected chi connectivity index (χ3v) is 4.25. The molecule has 0 atom stereocenters. The maximum Gasteiger partial charge on any atom is 0.412 e. The van der Waals surface area contributed by atoms with Crippen molar-refractivity contribution in [3.63, 3.8) is 0 Å². The van der Waals surface area contributed by atoms with Gasteiger partial charge in [0.1, 0.15) is 6.61 Å². The second kappa shape index (κ2) is 8.26. The maximum atomic E-state index is 11.8. The number of amides is 1. The molecule has 0 unspecified atom stereocenters. The van der Waals surface area contributed by atoms with Gasteiger partial charge in [0.05, 0.1) is 17.0 Å². The van der Waals surface area contributed by atoms with Crippen molar-refractivity contribution in [3.05, 3.63) is 57.4 Å². The van der Waals surface area contributed by atoms with Gasteiger partial charge in [-0.05, 0) is 46.2 Å². The Morgan fingerprint density at radius 1 is 1.28 bits per heavy atom. The van der Waals surface area contributed by atoms with Crippen molar-refractivity contribution in [3.8, 4) is 5.88 Å². The summed E-state index contributed by atoms with van der Waals surface area (Å²) in [5.74, 6) is -0.634. The number of aryl methyl sites for hydroxylation is 1. The number of hydrogen-bond donors (Lipinski definition) is 3. The molecule has 1 heterocycles. The molecule has 0 saturated heterocycles. The van der Waals surface area contributed by atoms with Crippen LogP contribution in [0, 0.1) is 6.92 Å². The molecule has 0 aliphatic rings. The van der Waals surface area contributed by atoms with Crippen molar-refractivity contribution in [1.82, 2.24) is 4.73 Å². The fourth-order valence-corrected chi connectivity index (χ4v) is 3.00. The highest BCUT2D eigenvalue weighted by Gasteiger charge is 2.29. The van der Waals surface area contributed by atoms with Crippen LogP contribution >= 0.6 is 0 Å². The van der Waals surface area contributed by atoms with Gasteiger partial charge in [-0.15, -0.1) is 4.73 Å². The Balaban J connectivity index is 2.32. The number of para-hydroxylation sites is 1. The van der Waals surface area contributed by atoms with E-state index in [4.69, 9.17) is 4.84 Å². The lowest BCUT2D eigenvalue weighted by Gasteiger charge is -2.34. The fourth-order valence-electron chi connectivity index (χ4n) is 3.00. The summed E-state index contributed by atoms with van der Waals surface area (Å²) < 4.78 is 0.130. The maximum absolute atomic E-state index is 11.8. The number of hydrogen-bond acceptors (Lipinski definition) is 6. The summed E-state index contributed by atoms with van der Waals surface area (Å²) in [6.45, 7) is 8.49. The van der Waals surface area contributed by atoms with Gasteiger partial charge in [0, 0.05) is 17.2 Å². The number of aromatic nitrogens is 1. The minimum absolute atomic E-state index is 0.0219. The van der Waals surface area contributed by atoms with E-state index in [0.717, 1.165) is 6.07 Å². The van der Waals surface area contributed by atoms with Crippen molar-refractivity contribution in [2.45, 2.75) is 46.8 Å². The number of pyridine rings is 1. The molecular formula is C20H25N3O6. The first-order chi connectivity index (χ1) is 13.4. The van der Waals surface area contributed by atoms with Gasteiger partial charge in [0.25, 0.3) is 5.56 Å². The molecule has 0 radical (unpaired) electrons. The third-order valence-electron chi connectivity index (χ3n) is 4.25. The van der Waals surface area contributed by atoms with Crippen LogP contribution in [-0.4, -0.2) is 37.5 Å². The summed E-state index contributed by atoms with van der Waals surface area (Å²) in [5, 5.41) is 33.2. The van der Waals surface area contributed by atoms with Gasteiger partial charge in [-0.1, -0.05) is 23.4 Å². The van der Waals surface area contributed by atoms with E-state index in [1.54, 1.807) is 58.9 Å². The molecule has 29 heavy (non-hydrogen) atoms. The topological polar surface area (TPSA) is 125 Å². The average Bonchev–Trinajstić information content (AvgIpc) is 2.59. The van der Waals surface area contributed by atoms with Gasteiger partial charge in [0.2, 0.25) is 5.88 Å². The van der Waals surface area contributed by atoms with Crippen LogP contribution in [0.1, 0.15) is 44.4 Å². The molecule has 2 aromatic rings. The molecule has 1 amide bonds. The number of oxime groups is 1. The van der Waals surface area contributed by atoms with Gasteiger partial charge in [-0.2, -0.15) is 0 Å². The lowest BCUT2D eigenvalue weighted by Crippen LogP contribution is -2.45. The molecule has 3 N–H and O–H groups in total. The number of carbonyl (C=O) groups is 1. The summed E-state index contributed by atoms with van der Waals surface area (Å²) in [6, 6.07) is 8.09. The van der Waals surface area contributed by atoms with E-state index in [9.17, 15) is 25.0 Å². The molecule has 0 spiro atoms. The predicted octanol–water partition coefficient (Wildman–Crippen LogP) is 3.32. The van der Waals surface area contributed by atoms with Gasteiger partial charge in [0.15, 0.2) is 0 Å². The van der Waals surface area contributed by atoms with Crippen LogP contribution in [0.3, 0.4) is 0 Å². The molecule has 0 saturated carbocycles. The highest BCUT2D eigenvalue weighted by molar-refractivity contribution is 6.01. The zero-order valence-corrected chi connectivity index (χ0v) is 17.0. The molecule has 1 aromatic carbocycles. The van der Waals surface area contributed by atoms with Gasteiger partial charge in [-0.3, -0.25) is 9.69 Å². The molecule has 1 aromatic heterocycles. The monoisotopic (exact) mass is 403 g/mol. The second-order valence-electron chi connectivity index (χ2n) is 7.54. The molecule has 2 rings (SSSR count). The number of benzene rings is 1. The van der Waals surface area contributed by atoms with Crippen molar-refractivity contribution in [2.75, 3.05) is 4.90 Å². The Kier molecular flexibility index (Phi) is 6.21. The summed E-state index contributed by atoms with van der Waals surface area (Å²) in [6.07, 6.45) is -1.09. The summed E-state index contributed by atoms with van der Waals surface area (Å²) in [5.41, 5.74) is 0.486. The first kappa shape index (κ1) is 21.8. The minimum Gasteiger partial charge on any atom is -0.492 e. The van der Waals surface area contributed by atoms with Crippen LogP contribution in [0.2, 0.25) is 0 Å². The molecule has 9 heteroatoms. The fraction of sp³-hybridized carbons (Fsp3) is 0.350. The molecule has 0 aliphatic carbocycles. The van der Waals surface area contributed by atoms with Crippen LogP contribution in [0.5, 0.6) is 5.88 Å². The van der Waals surface area contributed by atoms with Crippen molar-refractivity contribution in [2.24, 2.45) is 5.16 Å². The van der Waals surface area contributed by atoms with E-state index in [2.05, 4.69) is 5.16 Å². The summed E-state index contributed by atoms with van der Waals surface area (Å²) >= 11 is 0. The lowest BCUT2D eigenvalue weighted by atomic mass is 10.0. The Labute approximate surface area is 168 Å². The smallest absolute Gasteiger partial charge is 0.412 e. The number of anilines is 1. The quantitative estimate of drug-likeness (QED) is 0.400. The largest absolute Gasteiger partial charge is 0.492 e. The van der Waals surface area contributed by atoms with Crippen LogP contribution < -0.4 is 10.5 Å². The van der Waals surface area contributed by atoms with E-state index in [1.807, 2.05) is 0 Å². The van der Waals surface area contributed by atoms with Gasteiger partial charge >= 0.3 is 6.09 Å². The second-order valence-corrected chi connectivity index (χ2v) is 7.54. The van der Waals surface area contributed by atoms with Crippen molar-refractivity contribution >= 4 is 17.5 Å². The zero-order chi connectivity index (χ0) is 21.9. The zero-order valence-electron chi connectivity index (χ0n) is 17.0. The van der Waals surface area contributed by atoms with E-state index < -0.39 is 23.1 Å². The molecule has 0 bridgehead atoms. The number of aromatic hydroxyl groups is 1. The Morgan fingerprint density at radius 3 is 2.48 bits per heavy atom. The first-order valence-electron chi connectivity index (χ1n) is 8.88. The number of nitrogens with zero attached hydrogens (tertiary/aromatic N) is 3. The van der Waals surface area contributed by atoms with Gasteiger partial charge in [-0.25, -0.2) is 4.79 Å². The van der Waals surface area contributed by atoms with Crippen LogP contribution in [0.25, 0.3) is 0 Å². The van der Waals surface area contributed by atoms with Crippen LogP contribution in [0.15, 0.2) is 40.3 Å². The van der Waals surface area contributed by atoms with Crippen molar-refractivity contribution in [1.29, 1.82) is 0 Å². The Morgan fingerprint density at radius 2 is 1.90 bits per heavy atom. The normalized spacial score (nSPS) is 12.0. The standard InChI is InChI=1S/C20H25N3O6/c1-12-10-16(24)23(28)18(25)17(12)13(2)21-29-11-14-8-6-7-9-15(14)22(19(26)27)20(3,4)5/h6-10,25,28H,11H2,1-5H3,(H,26,27). The first-order valence-corrected chi connectivity index (χ1v) is 8.88. The van der Waals surface area contributed by atoms with E-state index in [-0.39, 0.29) is 22.6 Å². The molecule has 0 fully saturated rings. The minimum atomic E-state index is -1.09. The highest BCUT2D eigenvalue weighted by Crippen LogP contribution is 2.28. The number of rotatable bonds is 5. The predicted molar refractivity (Wildman–Crippen MR) is 108 cm³/mol. The van der Waals surface area contributed by atoms with E-state index in [1.165, 1.54) is 4.90 Å². The Bertz CT molecular complexity index is 1000. The molecule has 156 valence electrons. The summed E-state index contributed by atoms with van der Waals surface area (Å²) in [7, 11) is 0. The number of carboxylic acid groups (broad SMARTS) is 1. The van der Waals surface area contributed by atoms with Crippen molar-refractivity contribution < 1.29 is 25.1 Å².